The van der Waals surface area contributed by atoms with Gasteiger partial charge in [-0.15, -0.1) is 0 Å². The Bertz CT molecular complexity index is 1120. The summed E-state index contributed by atoms with van der Waals surface area (Å²) in [7, 11) is 0. The van der Waals surface area contributed by atoms with Gasteiger partial charge in [0.1, 0.15) is 17.5 Å². The van der Waals surface area contributed by atoms with E-state index in [0.717, 1.165) is 55.0 Å². The molecule has 1 saturated heterocycles. The molecule has 2 amide bonds. The van der Waals surface area contributed by atoms with Gasteiger partial charge in [0.25, 0.3) is 0 Å². The van der Waals surface area contributed by atoms with Crippen molar-refractivity contribution in [3.8, 4) is 11.3 Å². The third kappa shape index (κ3) is 4.18. The fourth-order valence-corrected chi connectivity index (χ4v) is 4.04. The normalized spacial score (nSPS) is 15.7. The number of pyridine rings is 3. The molecule has 0 unspecified atom stereocenters. The second-order valence-corrected chi connectivity index (χ2v) is 7.89. The third-order valence-corrected chi connectivity index (χ3v) is 5.68. The van der Waals surface area contributed by atoms with E-state index in [0.29, 0.717) is 12.4 Å². The van der Waals surface area contributed by atoms with Gasteiger partial charge in [-0.1, -0.05) is 0 Å². The molecule has 0 atom stereocenters. The first-order valence-electron chi connectivity index (χ1n) is 10.8. The lowest BCUT2D eigenvalue weighted by Crippen LogP contribution is -2.36. The summed E-state index contributed by atoms with van der Waals surface area (Å²) in [5.41, 5.74) is 2.52. The largest absolute Gasteiger partial charge is 0.382 e. The quantitative estimate of drug-likeness (QED) is 0.646. The van der Waals surface area contributed by atoms with Crippen molar-refractivity contribution in [1.82, 2.24) is 15.0 Å². The van der Waals surface area contributed by atoms with Crippen LogP contribution in [0.1, 0.15) is 19.3 Å². The van der Waals surface area contributed by atoms with Crippen molar-refractivity contribution in [2.75, 3.05) is 46.6 Å². The molecule has 5 rings (SSSR count). The summed E-state index contributed by atoms with van der Waals surface area (Å²) in [5, 5.41) is 6.08. The molecule has 2 aliphatic heterocycles. The van der Waals surface area contributed by atoms with Crippen molar-refractivity contribution < 1.29 is 9.18 Å². The minimum Gasteiger partial charge on any atom is -0.382 e. The van der Waals surface area contributed by atoms with Gasteiger partial charge in [0, 0.05) is 37.9 Å². The Kier molecular flexibility index (Phi) is 5.53. The molecule has 164 valence electrons. The number of carbonyl (C=O) groups excluding carboxylic acids is 1. The van der Waals surface area contributed by atoms with E-state index in [1.807, 2.05) is 18.2 Å². The van der Waals surface area contributed by atoms with Gasteiger partial charge < -0.3 is 10.2 Å². The van der Waals surface area contributed by atoms with Crippen LogP contribution >= 0.6 is 0 Å². The molecule has 0 saturated carbocycles. The molecule has 9 heteroatoms. The highest BCUT2D eigenvalue weighted by atomic mass is 19.1. The highest BCUT2D eigenvalue weighted by Gasteiger charge is 2.24. The highest BCUT2D eigenvalue weighted by Crippen LogP contribution is 2.31. The minimum atomic E-state index is -0.454. The molecule has 0 radical (unpaired) electrons. The van der Waals surface area contributed by atoms with Gasteiger partial charge in [0.05, 0.1) is 17.6 Å². The Balaban J connectivity index is 1.45. The molecule has 32 heavy (non-hydrogen) atoms. The number of amides is 2. The van der Waals surface area contributed by atoms with Crippen molar-refractivity contribution in [1.29, 1.82) is 0 Å². The molecule has 0 aromatic carbocycles. The molecule has 5 heterocycles. The van der Waals surface area contributed by atoms with Crippen LogP contribution in [-0.4, -0.2) is 47.2 Å². The van der Waals surface area contributed by atoms with Crippen LogP contribution in [0.5, 0.6) is 0 Å². The highest BCUT2D eigenvalue weighted by molar-refractivity contribution is 6.02. The smallest absolute Gasteiger partial charge is 0.328 e. The molecule has 8 nitrogen and oxygen atoms in total. The number of anilines is 4. The Hall–Kier alpha value is -3.75. The van der Waals surface area contributed by atoms with Crippen LogP contribution in [0.3, 0.4) is 0 Å². The van der Waals surface area contributed by atoms with Crippen LogP contribution in [0.25, 0.3) is 11.3 Å². The van der Waals surface area contributed by atoms with Gasteiger partial charge >= 0.3 is 6.03 Å². The van der Waals surface area contributed by atoms with Gasteiger partial charge in [0.15, 0.2) is 5.82 Å². The van der Waals surface area contributed by atoms with Crippen molar-refractivity contribution in [3.63, 3.8) is 0 Å². The number of hydrogen-bond donors (Lipinski definition) is 2. The van der Waals surface area contributed by atoms with Crippen molar-refractivity contribution in [2.24, 2.45) is 0 Å². The van der Waals surface area contributed by atoms with Gasteiger partial charge in [-0.05, 0) is 55.7 Å². The summed E-state index contributed by atoms with van der Waals surface area (Å²) in [5.74, 6) is 1.34. The topological polar surface area (TPSA) is 86.3 Å². The predicted molar refractivity (Wildman–Crippen MR) is 123 cm³/mol. The Morgan fingerprint density at radius 3 is 2.72 bits per heavy atom. The van der Waals surface area contributed by atoms with E-state index >= 15 is 0 Å². The number of nitrogens with zero attached hydrogens (tertiary/aromatic N) is 5. The van der Waals surface area contributed by atoms with Crippen LogP contribution in [-0.2, 0) is 0 Å². The predicted octanol–water partition coefficient (Wildman–Crippen LogP) is 4.13. The summed E-state index contributed by atoms with van der Waals surface area (Å²) in [6, 6.07) is 10.2. The molecule has 0 aliphatic carbocycles. The standard InChI is InChI=1S/C23H24FN7O/c24-17-4-7-20(27-15-17)29-23(32)31-13-3-9-25-19-6-5-18(28-22(19)31)16-8-10-26-21(14-16)30-11-1-2-12-30/h4-8,10,14-15,25H,1-3,9,11-13H2,(H,27,29,32). The third-order valence-electron chi connectivity index (χ3n) is 5.68. The number of fused-ring (bicyclic) bond motifs is 1. The van der Waals surface area contributed by atoms with Crippen LogP contribution in [0.2, 0.25) is 0 Å². The number of aromatic nitrogens is 3. The lowest BCUT2D eigenvalue weighted by Gasteiger charge is -2.22. The zero-order valence-electron chi connectivity index (χ0n) is 17.6. The van der Waals surface area contributed by atoms with Crippen LogP contribution in [0, 0.1) is 5.82 Å². The van der Waals surface area contributed by atoms with E-state index in [4.69, 9.17) is 4.98 Å². The fraction of sp³-hybridized carbons (Fsp3) is 0.304. The van der Waals surface area contributed by atoms with Crippen LogP contribution in [0.4, 0.5) is 32.3 Å². The Labute approximate surface area is 185 Å². The van der Waals surface area contributed by atoms with Crippen molar-refractivity contribution in [2.45, 2.75) is 19.3 Å². The first-order chi connectivity index (χ1) is 15.7. The first kappa shape index (κ1) is 20.2. The number of carbonyl (C=O) groups is 1. The van der Waals surface area contributed by atoms with E-state index in [1.165, 1.54) is 25.0 Å². The van der Waals surface area contributed by atoms with Crippen molar-refractivity contribution >= 4 is 29.2 Å². The lowest BCUT2D eigenvalue weighted by molar-refractivity contribution is 0.256. The van der Waals surface area contributed by atoms with E-state index in [-0.39, 0.29) is 11.8 Å². The molecule has 3 aromatic heterocycles. The number of nitrogens with one attached hydrogen (secondary N) is 2. The average molecular weight is 433 g/mol. The maximum absolute atomic E-state index is 13.2. The number of rotatable bonds is 3. The van der Waals surface area contributed by atoms with Crippen LogP contribution in [0.15, 0.2) is 48.8 Å². The zero-order chi connectivity index (χ0) is 21.9. The summed E-state index contributed by atoms with van der Waals surface area (Å²) >= 11 is 0. The molecular formula is C23H24FN7O. The molecule has 2 N–H and O–H groups in total. The second-order valence-electron chi connectivity index (χ2n) is 7.89. The van der Waals surface area contributed by atoms with E-state index in [2.05, 4.69) is 31.6 Å². The maximum Gasteiger partial charge on any atom is 0.328 e. The van der Waals surface area contributed by atoms with Crippen molar-refractivity contribution in [3.05, 3.63) is 54.6 Å². The van der Waals surface area contributed by atoms with E-state index < -0.39 is 5.82 Å². The van der Waals surface area contributed by atoms with E-state index in [9.17, 15) is 9.18 Å². The summed E-state index contributed by atoms with van der Waals surface area (Å²) in [4.78, 5) is 30.2. The zero-order valence-corrected chi connectivity index (χ0v) is 17.6. The SMILES string of the molecule is O=C(Nc1ccc(F)cn1)N1CCCNc2ccc(-c3ccnc(N4CCCC4)c3)nc21. The Morgan fingerprint density at radius 1 is 1.03 bits per heavy atom. The first-order valence-corrected chi connectivity index (χ1v) is 10.8. The fourth-order valence-electron chi connectivity index (χ4n) is 4.04. The number of urea groups is 1. The molecule has 3 aromatic rings. The summed E-state index contributed by atoms with van der Waals surface area (Å²) in [6.45, 7) is 3.27. The molecule has 2 aliphatic rings. The monoisotopic (exact) mass is 433 g/mol. The average Bonchev–Trinajstić information content (AvgIpc) is 3.28. The summed E-state index contributed by atoms with van der Waals surface area (Å²) < 4.78 is 13.2. The van der Waals surface area contributed by atoms with Gasteiger partial charge in [-0.3, -0.25) is 10.2 Å². The van der Waals surface area contributed by atoms with Gasteiger partial charge in [0.2, 0.25) is 0 Å². The number of hydrogen-bond acceptors (Lipinski definition) is 6. The molecular weight excluding hydrogens is 409 g/mol. The molecule has 0 spiro atoms. The number of halogens is 1. The lowest BCUT2D eigenvalue weighted by atomic mass is 10.1. The second kappa shape index (κ2) is 8.78. The van der Waals surface area contributed by atoms with Gasteiger partial charge in [-0.2, -0.15) is 0 Å². The Morgan fingerprint density at radius 2 is 1.91 bits per heavy atom. The molecule has 0 bridgehead atoms. The van der Waals surface area contributed by atoms with Crippen LogP contribution < -0.4 is 20.4 Å². The summed E-state index contributed by atoms with van der Waals surface area (Å²) in [6.07, 6.45) is 6.01. The minimum absolute atomic E-state index is 0.288. The molecule has 1 fully saturated rings. The maximum atomic E-state index is 13.2. The van der Waals surface area contributed by atoms with E-state index in [1.54, 1.807) is 11.1 Å². The van der Waals surface area contributed by atoms with Gasteiger partial charge in [-0.25, -0.2) is 24.1 Å².